The minimum atomic E-state index is -0.333. The smallest absolute Gasteiger partial charge is 0.262 e. The van der Waals surface area contributed by atoms with Crippen molar-refractivity contribution in [2.45, 2.75) is 70.0 Å². The maximum absolute atomic E-state index is 12.6. The molecule has 3 rings (SSSR count). The highest BCUT2D eigenvalue weighted by Crippen LogP contribution is 2.31. The second kappa shape index (κ2) is 9.06. The van der Waals surface area contributed by atoms with Crippen molar-refractivity contribution in [1.82, 2.24) is 10.2 Å². The van der Waals surface area contributed by atoms with Crippen LogP contribution in [0.3, 0.4) is 0 Å². The Hall–Kier alpha value is -1.04. The van der Waals surface area contributed by atoms with E-state index in [9.17, 15) is 9.59 Å². The lowest BCUT2D eigenvalue weighted by atomic mass is 9.89. The number of nitrogens with one attached hydrogen (secondary N) is 1. The molecule has 0 spiro atoms. The summed E-state index contributed by atoms with van der Waals surface area (Å²) in [6, 6.07) is 0. The second-order valence-electron chi connectivity index (χ2n) is 7.73. The predicted molar refractivity (Wildman–Crippen MR) is 103 cm³/mol. The summed E-state index contributed by atoms with van der Waals surface area (Å²) in [7, 11) is 0. The molecule has 0 saturated heterocycles. The van der Waals surface area contributed by atoms with Crippen molar-refractivity contribution >= 4 is 28.7 Å². The fraction of sp³-hybridized carbons (Fsp3) is 0.842. The van der Waals surface area contributed by atoms with Crippen molar-refractivity contribution in [3.8, 4) is 0 Å². The normalized spacial score (nSPS) is 24.3. The monoisotopic (exact) mass is 365 g/mol. The lowest BCUT2D eigenvalue weighted by molar-refractivity contribution is -0.133. The van der Waals surface area contributed by atoms with Crippen molar-refractivity contribution in [3.63, 3.8) is 0 Å². The van der Waals surface area contributed by atoms with Crippen LogP contribution in [0.2, 0.25) is 0 Å². The third-order valence-corrected chi connectivity index (χ3v) is 6.50. The molecule has 2 aliphatic carbocycles. The molecule has 2 saturated carbocycles. The second-order valence-corrected chi connectivity index (χ2v) is 8.93. The Morgan fingerprint density at radius 2 is 1.96 bits per heavy atom. The van der Waals surface area contributed by atoms with Gasteiger partial charge >= 0.3 is 0 Å². The number of aliphatic imine (C=N–C) groups is 1. The number of carbonyl (C=O) groups excluding carboxylic acids is 2. The lowest BCUT2D eigenvalue weighted by Gasteiger charge is -2.23. The van der Waals surface area contributed by atoms with Gasteiger partial charge in [-0.15, -0.1) is 0 Å². The van der Waals surface area contributed by atoms with Crippen molar-refractivity contribution in [3.05, 3.63) is 0 Å². The Morgan fingerprint density at radius 3 is 2.64 bits per heavy atom. The van der Waals surface area contributed by atoms with Crippen LogP contribution in [-0.2, 0) is 9.59 Å². The summed E-state index contributed by atoms with van der Waals surface area (Å²) in [6.07, 6.45) is 10.3. The average Bonchev–Trinajstić information content (AvgIpc) is 3.37. The number of amidine groups is 1. The lowest BCUT2D eigenvalue weighted by Crippen LogP contribution is -2.36. The Bertz CT molecular complexity index is 513. The Balaban J connectivity index is 1.43. The van der Waals surface area contributed by atoms with Crippen LogP contribution in [0.5, 0.6) is 0 Å². The van der Waals surface area contributed by atoms with Gasteiger partial charge in [0.05, 0.1) is 0 Å². The highest BCUT2D eigenvalue weighted by molar-refractivity contribution is 8.15. The van der Waals surface area contributed by atoms with Crippen LogP contribution < -0.4 is 5.32 Å². The Labute approximate surface area is 155 Å². The average molecular weight is 366 g/mol. The number of carbonyl (C=O) groups is 2. The van der Waals surface area contributed by atoms with E-state index in [1.807, 2.05) is 4.90 Å². The zero-order valence-corrected chi connectivity index (χ0v) is 16.2. The number of rotatable bonds is 8. The summed E-state index contributed by atoms with van der Waals surface area (Å²) in [5.41, 5.74) is 0. The molecule has 1 N–H and O–H groups in total. The minimum Gasteiger partial charge on any atom is -0.364 e. The molecular formula is C19H31N3O2S. The number of thioether (sulfide) groups is 1. The molecule has 1 atom stereocenters. The molecule has 140 valence electrons. The summed E-state index contributed by atoms with van der Waals surface area (Å²) in [6.45, 7) is 4.67. The van der Waals surface area contributed by atoms with E-state index in [2.05, 4.69) is 17.2 Å². The van der Waals surface area contributed by atoms with E-state index in [4.69, 9.17) is 0 Å². The fourth-order valence-electron chi connectivity index (χ4n) is 3.70. The van der Waals surface area contributed by atoms with E-state index >= 15 is 0 Å². The molecule has 2 fully saturated rings. The van der Waals surface area contributed by atoms with Crippen LogP contribution in [0.25, 0.3) is 0 Å². The Morgan fingerprint density at radius 1 is 1.20 bits per heavy atom. The van der Waals surface area contributed by atoms with E-state index in [1.54, 1.807) is 0 Å². The number of amides is 2. The summed E-state index contributed by atoms with van der Waals surface area (Å²) in [4.78, 5) is 30.9. The van der Waals surface area contributed by atoms with Crippen LogP contribution in [0, 0.1) is 11.8 Å². The minimum absolute atomic E-state index is 0.114. The van der Waals surface area contributed by atoms with E-state index in [0.717, 1.165) is 31.2 Å². The molecule has 1 aliphatic heterocycles. The number of nitrogens with zero attached hydrogens (tertiary/aromatic N) is 2. The predicted octanol–water partition coefficient (Wildman–Crippen LogP) is 3.19. The van der Waals surface area contributed by atoms with Gasteiger partial charge in [0, 0.05) is 26.1 Å². The molecule has 0 aromatic rings. The van der Waals surface area contributed by atoms with Gasteiger partial charge in [-0.1, -0.05) is 37.9 Å². The van der Waals surface area contributed by atoms with Gasteiger partial charge in [-0.05, 0) is 43.9 Å². The summed E-state index contributed by atoms with van der Waals surface area (Å²) < 4.78 is 0. The van der Waals surface area contributed by atoms with Crippen LogP contribution >= 0.6 is 11.8 Å². The van der Waals surface area contributed by atoms with Gasteiger partial charge in [-0.25, -0.2) is 0 Å². The first-order chi connectivity index (χ1) is 12.2. The van der Waals surface area contributed by atoms with Gasteiger partial charge in [-0.3, -0.25) is 9.59 Å². The molecule has 0 bridgehead atoms. The van der Waals surface area contributed by atoms with Crippen LogP contribution in [0.4, 0.5) is 0 Å². The van der Waals surface area contributed by atoms with E-state index in [0.29, 0.717) is 11.8 Å². The first-order valence-electron chi connectivity index (χ1n) is 9.96. The zero-order valence-electron chi connectivity index (χ0n) is 15.3. The van der Waals surface area contributed by atoms with E-state index in [-0.39, 0.29) is 23.5 Å². The number of hydrogen-bond acceptors (Lipinski definition) is 4. The zero-order chi connectivity index (χ0) is 17.6. The number of hydrogen-bond donors (Lipinski definition) is 1. The SMILES string of the molecule is CCCN(CC1CC1)C(=O)CC1SC(NCC2CCCCC2)=NC1=O. The van der Waals surface area contributed by atoms with Gasteiger partial charge < -0.3 is 10.2 Å². The molecule has 5 nitrogen and oxygen atoms in total. The fourth-order valence-corrected chi connectivity index (χ4v) is 4.66. The van der Waals surface area contributed by atoms with E-state index < -0.39 is 0 Å². The molecule has 1 unspecified atom stereocenters. The van der Waals surface area contributed by atoms with Crippen molar-refractivity contribution < 1.29 is 9.59 Å². The first kappa shape index (κ1) is 18.7. The standard InChI is InChI=1S/C19H31N3O2S/c1-2-10-22(13-15-8-9-15)17(23)11-16-18(24)21-19(25-16)20-12-14-6-4-3-5-7-14/h14-16H,2-13H2,1H3,(H,20,21,24). The molecule has 1 heterocycles. The molecule has 0 aromatic carbocycles. The molecule has 0 aromatic heterocycles. The highest BCUT2D eigenvalue weighted by Gasteiger charge is 2.33. The molecule has 6 heteroatoms. The summed E-state index contributed by atoms with van der Waals surface area (Å²) in [5, 5.41) is 3.74. The molecule has 2 amide bonds. The largest absolute Gasteiger partial charge is 0.364 e. The van der Waals surface area contributed by atoms with Crippen molar-refractivity contribution in [2.75, 3.05) is 19.6 Å². The molecular weight excluding hydrogens is 334 g/mol. The maximum atomic E-state index is 12.6. The topological polar surface area (TPSA) is 61.8 Å². The van der Waals surface area contributed by atoms with E-state index in [1.165, 1.54) is 56.7 Å². The maximum Gasteiger partial charge on any atom is 0.262 e. The molecule has 0 radical (unpaired) electrons. The summed E-state index contributed by atoms with van der Waals surface area (Å²) in [5.74, 6) is 1.36. The highest BCUT2D eigenvalue weighted by atomic mass is 32.2. The third kappa shape index (κ3) is 5.73. The van der Waals surface area contributed by atoms with Gasteiger partial charge in [0.15, 0.2) is 5.17 Å². The molecule has 25 heavy (non-hydrogen) atoms. The van der Waals surface area contributed by atoms with Gasteiger partial charge in [0.1, 0.15) is 5.25 Å². The molecule has 3 aliphatic rings. The van der Waals surface area contributed by atoms with Crippen LogP contribution in [0.15, 0.2) is 4.99 Å². The summed E-state index contributed by atoms with van der Waals surface area (Å²) >= 11 is 1.45. The van der Waals surface area contributed by atoms with Crippen molar-refractivity contribution in [2.24, 2.45) is 16.8 Å². The van der Waals surface area contributed by atoms with Crippen LogP contribution in [0.1, 0.15) is 64.7 Å². The third-order valence-electron chi connectivity index (χ3n) is 5.39. The van der Waals surface area contributed by atoms with Crippen LogP contribution in [-0.4, -0.2) is 46.8 Å². The van der Waals surface area contributed by atoms with Gasteiger partial charge in [-0.2, -0.15) is 4.99 Å². The first-order valence-corrected chi connectivity index (χ1v) is 10.8. The van der Waals surface area contributed by atoms with Gasteiger partial charge in [0.2, 0.25) is 5.91 Å². The quantitative estimate of drug-likeness (QED) is 0.717. The van der Waals surface area contributed by atoms with Crippen molar-refractivity contribution in [1.29, 1.82) is 0 Å². The Kier molecular flexibility index (Phi) is 6.79. The van der Waals surface area contributed by atoms with Gasteiger partial charge in [0.25, 0.3) is 5.91 Å².